The van der Waals surface area contributed by atoms with Crippen molar-refractivity contribution in [2.24, 2.45) is 5.92 Å². The van der Waals surface area contributed by atoms with E-state index in [1.54, 1.807) is 25.6 Å². The largest absolute Gasteiger partial charge is 0.495 e. The number of methoxy groups -OCH3 is 1. The third-order valence-corrected chi connectivity index (χ3v) is 7.02. The summed E-state index contributed by atoms with van der Waals surface area (Å²) in [5, 5.41) is 3.00. The number of carbonyl (C=O) groups is 1. The van der Waals surface area contributed by atoms with Crippen LogP contribution in [0.4, 0.5) is 24.5 Å². The van der Waals surface area contributed by atoms with Crippen LogP contribution in [-0.2, 0) is 23.9 Å². The van der Waals surface area contributed by atoms with Gasteiger partial charge in [0.25, 0.3) is 0 Å². The summed E-state index contributed by atoms with van der Waals surface area (Å²) in [5.74, 6) is 0.0581. The summed E-state index contributed by atoms with van der Waals surface area (Å²) < 4.78 is 45.9. The number of benzene rings is 2. The number of anilines is 2. The first-order chi connectivity index (χ1) is 17.3. The lowest BCUT2D eigenvalue weighted by molar-refractivity contribution is -0.137. The lowest BCUT2D eigenvalue weighted by atomic mass is 9.82. The van der Waals surface area contributed by atoms with Crippen LogP contribution in [0.3, 0.4) is 0 Å². The molecule has 1 fully saturated rings. The van der Waals surface area contributed by atoms with Crippen LogP contribution in [0.15, 0.2) is 67.0 Å². The number of nitrogens with one attached hydrogen (secondary N) is 1. The Balaban J connectivity index is 1.46. The van der Waals surface area contributed by atoms with Gasteiger partial charge in [-0.05, 0) is 60.0 Å². The Hall–Kier alpha value is -3.75. The van der Waals surface area contributed by atoms with Crippen LogP contribution in [0, 0.1) is 5.92 Å². The van der Waals surface area contributed by atoms with Crippen molar-refractivity contribution < 1.29 is 22.7 Å². The van der Waals surface area contributed by atoms with E-state index in [2.05, 4.69) is 20.1 Å². The van der Waals surface area contributed by atoms with Crippen LogP contribution in [0.5, 0.6) is 5.75 Å². The molecule has 1 saturated heterocycles. The van der Waals surface area contributed by atoms with Crippen LogP contribution in [0.1, 0.15) is 16.7 Å². The highest BCUT2D eigenvalue weighted by Gasteiger charge is 2.43. The molecule has 2 aliphatic rings. The standard InChI is InChI=1S/C27H27F3N4O2/c1-36-25-5-3-2-4-23(25)33-12-13-34-22-7-6-20(27(28,29)30)14-19(22)15-21(24(34)17-33)26(35)32-16-18-8-10-31-11-9-18/h2-11,14,21,24H,12-13,15-17H2,1H3,(H,32,35)/t21-,24+/m0/s1. The number of aromatic nitrogens is 1. The molecular formula is C27H27F3N4O2. The van der Waals surface area contributed by atoms with E-state index in [1.165, 1.54) is 6.07 Å². The molecule has 0 unspecified atom stereocenters. The van der Waals surface area contributed by atoms with Crippen molar-refractivity contribution in [2.75, 3.05) is 36.5 Å². The summed E-state index contributed by atoms with van der Waals surface area (Å²) in [5.41, 5.74) is 2.48. The van der Waals surface area contributed by atoms with E-state index in [4.69, 9.17) is 4.74 Å². The quantitative estimate of drug-likeness (QED) is 0.571. The van der Waals surface area contributed by atoms with Crippen molar-refractivity contribution in [1.29, 1.82) is 0 Å². The van der Waals surface area contributed by atoms with Gasteiger partial charge in [0.05, 0.1) is 30.3 Å². The maximum atomic E-state index is 13.5. The molecule has 1 amide bonds. The smallest absolute Gasteiger partial charge is 0.416 e. The topological polar surface area (TPSA) is 57.7 Å². The molecule has 0 aliphatic carbocycles. The minimum absolute atomic E-state index is 0.174. The van der Waals surface area contributed by atoms with Crippen molar-refractivity contribution >= 4 is 17.3 Å². The van der Waals surface area contributed by atoms with Gasteiger partial charge in [-0.25, -0.2) is 0 Å². The SMILES string of the molecule is COc1ccccc1N1CCN2c3ccc(C(F)(F)F)cc3C[C@H](C(=O)NCc3ccncc3)[C@H]2C1. The summed E-state index contributed by atoms with van der Waals surface area (Å²) in [4.78, 5) is 21.8. The maximum Gasteiger partial charge on any atom is 0.416 e. The monoisotopic (exact) mass is 496 g/mol. The van der Waals surface area contributed by atoms with E-state index in [9.17, 15) is 18.0 Å². The number of hydrogen-bond donors (Lipinski definition) is 1. The lowest BCUT2D eigenvalue weighted by Gasteiger charge is -2.49. The second kappa shape index (κ2) is 9.72. The second-order valence-electron chi connectivity index (χ2n) is 9.10. The van der Waals surface area contributed by atoms with Gasteiger partial charge >= 0.3 is 6.18 Å². The average Bonchev–Trinajstić information content (AvgIpc) is 2.90. The number of pyridine rings is 1. The van der Waals surface area contributed by atoms with Crippen molar-refractivity contribution in [3.63, 3.8) is 0 Å². The molecule has 0 bridgehead atoms. The first kappa shape index (κ1) is 24.0. The van der Waals surface area contributed by atoms with Gasteiger partial charge in [-0.3, -0.25) is 9.78 Å². The van der Waals surface area contributed by atoms with Gasteiger partial charge < -0.3 is 19.9 Å². The molecule has 5 rings (SSSR count). The van der Waals surface area contributed by atoms with Gasteiger partial charge in [-0.15, -0.1) is 0 Å². The van der Waals surface area contributed by atoms with E-state index in [1.807, 2.05) is 36.4 Å². The highest BCUT2D eigenvalue weighted by atomic mass is 19.4. The van der Waals surface area contributed by atoms with E-state index in [0.717, 1.165) is 28.8 Å². The van der Waals surface area contributed by atoms with Crippen molar-refractivity contribution in [3.05, 3.63) is 83.7 Å². The Morgan fingerprint density at radius 3 is 2.61 bits per heavy atom. The van der Waals surface area contributed by atoms with Crippen molar-refractivity contribution in [2.45, 2.75) is 25.2 Å². The maximum absolute atomic E-state index is 13.5. The third-order valence-electron chi connectivity index (χ3n) is 7.02. The van der Waals surface area contributed by atoms with Gasteiger partial charge in [0.1, 0.15) is 5.75 Å². The molecule has 9 heteroatoms. The molecule has 188 valence electrons. The Bertz CT molecular complexity index is 1240. The molecule has 0 saturated carbocycles. The number of carbonyl (C=O) groups excluding carboxylic acids is 1. The second-order valence-corrected chi connectivity index (χ2v) is 9.10. The van der Waals surface area contributed by atoms with Crippen molar-refractivity contribution in [3.8, 4) is 5.75 Å². The first-order valence-electron chi connectivity index (χ1n) is 11.9. The molecule has 0 radical (unpaired) electrons. The fourth-order valence-electron chi connectivity index (χ4n) is 5.23. The van der Waals surface area contributed by atoms with Gasteiger partial charge in [-0.1, -0.05) is 12.1 Å². The molecule has 3 aromatic rings. The molecule has 1 N–H and O–H groups in total. The normalized spacial score (nSPS) is 19.3. The third kappa shape index (κ3) is 4.69. The number of rotatable bonds is 5. The molecule has 2 atom stereocenters. The predicted molar refractivity (Wildman–Crippen MR) is 131 cm³/mol. The van der Waals surface area contributed by atoms with Gasteiger partial charge in [0, 0.05) is 44.3 Å². The highest BCUT2D eigenvalue weighted by Crippen LogP contribution is 2.41. The summed E-state index contributed by atoms with van der Waals surface area (Å²) >= 11 is 0. The molecular weight excluding hydrogens is 469 g/mol. The summed E-state index contributed by atoms with van der Waals surface area (Å²) in [6, 6.07) is 15.0. The van der Waals surface area contributed by atoms with Crippen LogP contribution in [-0.4, -0.2) is 43.7 Å². The number of ether oxygens (including phenoxy) is 1. The molecule has 2 aromatic carbocycles. The average molecular weight is 497 g/mol. The number of para-hydroxylation sites is 2. The molecule has 1 aromatic heterocycles. The molecule has 3 heterocycles. The lowest BCUT2D eigenvalue weighted by Crippen LogP contribution is -2.61. The van der Waals surface area contributed by atoms with Crippen molar-refractivity contribution in [1.82, 2.24) is 10.3 Å². The number of alkyl halides is 3. The zero-order chi connectivity index (χ0) is 25.3. The number of halogens is 3. The Kier molecular flexibility index (Phi) is 6.47. The van der Waals surface area contributed by atoms with E-state index < -0.39 is 17.7 Å². The first-order valence-corrected chi connectivity index (χ1v) is 11.9. The summed E-state index contributed by atoms with van der Waals surface area (Å²) in [6.07, 6.45) is -0.883. The zero-order valence-corrected chi connectivity index (χ0v) is 19.8. The highest BCUT2D eigenvalue weighted by molar-refractivity contribution is 5.82. The Morgan fingerprint density at radius 1 is 1.08 bits per heavy atom. The number of piperazine rings is 1. The fraction of sp³-hybridized carbons (Fsp3) is 0.333. The number of nitrogens with zero attached hydrogens (tertiary/aromatic N) is 3. The van der Waals surface area contributed by atoms with Crippen LogP contribution >= 0.6 is 0 Å². The fourth-order valence-corrected chi connectivity index (χ4v) is 5.23. The van der Waals surface area contributed by atoms with Crippen LogP contribution in [0.25, 0.3) is 0 Å². The molecule has 36 heavy (non-hydrogen) atoms. The van der Waals surface area contributed by atoms with Crippen LogP contribution in [0.2, 0.25) is 0 Å². The minimum atomic E-state index is -4.44. The Morgan fingerprint density at radius 2 is 1.86 bits per heavy atom. The minimum Gasteiger partial charge on any atom is -0.495 e. The van der Waals surface area contributed by atoms with E-state index in [-0.39, 0.29) is 18.4 Å². The van der Waals surface area contributed by atoms with Gasteiger partial charge in [0.15, 0.2) is 0 Å². The Labute approximate surface area is 207 Å². The summed E-state index contributed by atoms with van der Waals surface area (Å²) in [6.45, 7) is 2.11. The summed E-state index contributed by atoms with van der Waals surface area (Å²) in [7, 11) is 1.62. The predicted octanol–water partition coefficient (Wildman–Crippen LogP) is 4.29. The number of amides is 1. The van der Waals surface area contributed by atoms with Gasteiger partial charge in [0.2, 0.25) is 5.91 Å². The van der Waals surface area contributed by atoms with E-state index in [0.29, 0.717) is 31.7 Å². The number of fused-ring (bicyclic) bond motifs is 3. The van der Waals surface area contributed by atoms with Gasteiger partial charge in [-0.2, -0.15) is 13.2 Å². The zero-order valence-electron chi connectivity index (χ0n) is 19.8. The molecule has 2 aliphatic heterocycles. The number of hydrogen-bond acceptors (Lipinski definition) is 5. The van der Waals surface area contributed by atoms with E-state index >= 15 is 0 Å². The van der Waals surface area contributed by atoms with Crippen LogP contribution < -0.4 is 19.9 Å². The molecule has 6 nitrogen and oxygen atoms in total. The molecule has 0 spiro atoms.